The first-order valence-electron chi connectivity index (χ1n) is 6.26. The second-order valence-electron chi connectivity index (χ2n) is 5.43. The second kappa shape index (κ2) is 5.08. The predicted molar refractivity (Wildman–Crippen MR) is 72.8 cm³/mol. The molecule has 0 unspecified atom stereocenters. The molecule has 1 aliphatic heterocycles. The highest BCUT2D eigenvalue weighted by Crippen LogP contribution is 2.18. The van der Waals surface area contributed by atoms with E-state index in [0.29, 0.717) is 0 Å². The van der Waals surface area contributed by atoms with Crippen LogP contribution in [0.15, 0.2) is 24.3 Å². The van der Waals surface area contributed by atoms with Crippen molar-refractivity contribution in [1.82, 2.24) is 4.90 Å². The van der Waals surface area contributed by atoms with Gasteiger partial charge in [0.05, 0.1) is 12.2 Å². The molecule has 1 saturated heterocycles. The molecule has 1 aromatic rings. The van der Waals surface area contributed by atoms with Crippen molar-refractivity contribution in [3.8, 4) is 0 Å². The average molecular weight is 247 g/mol. The quantitative estimate of drug-likeness (QED) is 0.629. The molecule has 0 amide bonds. The fraction of sp³-hybridized carbons (Fsp3) is 0.500. The van der Waals surface area contributed by atoms with Gasteiger partial charge >= 0.3 is 0 Å². The van der Waals surface area contributed by atoms with Crippen LogP contribution >= 0.6 is 0 Å². The molecular weight excluding hydrogens is 226 g/mol. The lowest BCUT2D eigenvalue weighted by Gasteiger charge is -2.38. The first-order valence-corrected chi connectivity index (χ1v) is 6.26. The van der Waals surface area contributed by atoms with Crippen LogP contribution in [-0.2, 0) is 11.3 Å². The van der Waals surface area contributed by atoms with E-state index in [1.807, 2.05) is 18.2 Å². The normalized spacial score (nSPS) is 19.7. The van der Waals surface area contributed by atoms with Crippen LogP contribution in [0.2, 0.25) is 0 Å². The molecule has 0 aromatic heterocycles. The molecule has 0 radical (unpaired) electrons. The predicted octanol–water partition coefficient (Wildman–Crippen LogP) is 1.58. The van der Waals surface area contributed by atoms with Crippen molar-refractivity contribution in [3.63, 3.8) is 0 Å². The number of morpholine rings is 1. The summed E-state index contributed by atoms with van der Waals surface area (Å²) in [6.45, 7) is 7.77. The number of hydrogen-bond donors (Lipinski definition) is 2. The van der Waals surface area contributed by atoms with Gasteiger partial charge in [-0.15, -0.1) is 0 Å². The molecule has 0 bridgehead atoms. The number of hydrogen-bond acceptors (Lipinski definition) is 3. The monoisotopic (exact) mass is 247 g/mol. The molecule has 1 aromatic carbocycles. The van der Waals surface area contributed by atoms with Crippen molar-refractivity contribution in [2.24, 2.45) is 5.73 Å². The number of nitrogen functional groups attached to an aromatic ring is 1. The number of benzene rings is 1. The maximum Gasteiger partial charge on any atom is 0.122 e. The van der Waals surface area contributed by atoms with Gasteiger partial charge in [0.2, 0.25) is 0 Å². The fourth-order valence-electron chi connectivity index (χ4n) is 2.34. The second-order valence-corrected chi connectivity index (χ2v) is 5.43. The van der Waals surface area contributed by atoms with Crippen molar-refractivity contribution in [2.75, 3.05) is 19.7 Å². The van der Waals surface area contributed by atoms with E-state index in [-0.39, 0.29) is 11.4 Å². The van der Waals surface area contributed by atoms with Crippen LogP contribution < -0.4 is 5.73 Å². The highest BCUT2D eigenvalue weighted by molar-refractivity contribution is 5.95. The third-order valence-electron chi connectivity index (χ3n) is 3.15. The Bertz CT molecular complexity index is 442. The Hall–Kier alpha value is -1.39. The Labute approximate surface area is 108 Å². The number of rotatable bonds is 3. The van der Waals surface area contributed by atoms with Crippen LogP contribution in [0.3, 0.4) is 0 Å². The minimum Gasteiger partial charge on any atom is -0.384 e. The van der Waals surface area contributed by atoms with Crippen molar-refractivity contribution in [3.05, 3.63) is 35.4 Å². The summed E-state index contributed by atoms with van der Waals surface area (Å²) in [6.07, 6.45) is 0. The standard InChI is InChI=1S/C14H21N3O/c1-14(2)10-17(6-7-18-14)9-11-4-3-5-12(8-11)13(15)16/h3-5,8H,6-7,9-10H2,1-2H3,(H3,15,16). The first-order chi connectivity index (χ1) is 8.46. The molecule has 3 N–H and O–H groups in total. The van der Waals surface area contributed by atoms with Gasteiger partial charge in [0.15, 0.2) is 0 Å². The fourth-order valence-corrected chi connectivity index (χ4v) is 2.34. The molecule has 0 spiro atoms. The van der Waals surface area contributed by atoms with Crippen LogP contribution in [0.5, 0.6) is 0 Å². The van der Waals surface area contributed by atoms with Gasteiger partial charge in [0.25, 0.3) is 0 Å². The van der Waals surface area contributed by atoms with Gasteiger partial charge in [-0.3, -0.25) is 10.3 Å². The van der Waals surface area contributed by atoms with Crippen molar-refractivity contribution < 1.29 is 4.74 Å². The highest BCUT2D eigenvalue weighted by atomic mass is 16.5. The van der Waals surface area contributed by atoms with E-state index in [1.54, 1.807) is 0 Å². The van der Waals surface area contributed by atoms with Gasteiger partial charge in [-0.25, -0.2) is 0 Å². The molecule has 1 fully saturated rings. The average Bonchev–Trinajstić information content (AvgIpc) is 2.28. The van der Waals surface area contributed by atoms with E-state index in [9.17, 15) is 0 Å². The van der Waals surface area contributed by atoms with Crippen molar-refractivity contribution >= 4 is 5.84 Å². The molecule has 0 aliphatic carbocycles. The van der Waals surface area contributed by atoms with Crippen LogP contribution in [0.1, 0.15) is 25.0 Å². The number of nitrogens with one attached hydrogen (secondary N) is 1. The Morgan fingerprint density at radius 3 is 2.94 bits per heavy atom. The summed E-state index contributed by atoms with van der Waals surface area (Å²) in [5.41, 5.74) is 7.42. The lowest BCUT2D eigenvalue weighted by Crippen LogP contribution is -2.47. The largest absolute Gasteiger partial charge is 0.384 e. The van der Waals surface area contributed by atoms with Crippen LogP contribution in [-0.4, -0.2) is 36.0 Å². The molecule has 4 heteroatoms. The molecule has 2 rings (SSSR count). The number of ether oxygens (including phenoxy) is 1. The summed E-state index contributed by atoms with van der Waals surface area (Å²) in [5.74, 6) is 0.124. The Morgan fingerprint density at radius 2 is 2.28 bits per heavy atom. The molecule has 18 heavy (non-hydrogen) atoms. The number of nitrogens with two attached hydrogens (primary N) is 1. The lowest BCUT2D eigenvalue weighted by atomic mass is 10.1. The zero-order chi connectivity index (χ0) is 13.2. The van der Waals surface area contributed by atoms with E-state index < -0.39 is 0 Å². The minimum atomic E-state index is -0.0730. The molecular formula is C14H21N3O. The molecule has 0 saturated carbocycles. The van der Waals surface area contributed by atoms with Gasteiger partial charge in [-0.1, -0.05) is 18.2 Å². The molecule has 1 aliphatic rings. The van der Waals surface area contributed by atoms with Crippen LogP contribution in [0.4, 0.5) is 0 Å². The van der Waals surface area contributed by atoms with Crippen LogP contribution in [0, 0.1) is 5.41 Å². The third-order valence-corrected chi connectivity index (χ3v) is 3.15. The summed E-state index contributed by atoms with van der Waals surface area (Å²) in [7, 11) is 0. The maximum absolute atomic E-state index is 7.46. The molecule has 1 heterocycles. The number of amidine groups is 1. The summed E-state index contributed by atoms with van der Waals surface area (Å²) in [4.78, 5) is 2.38. The zero-order valence-electron chi connectivity index (χ0n) is 11.1. The van der Waals surface area contributed by atoms with Crippen molar-refractivity contribution in [1.29, 1.82) is 5.41 Å². The third kappa shape index (κ3) is 3.31. The van der Waals surface area contributed by atoms with Gasteiger partial charge < -0.3 is 10.5 Å². The molecule has 4 nitrogen and oxygen atoms in total. The summed E-state index contributed by atoms with van der Waals surface area (Å²) in [5, 5.41) is 7.46. The Kier molecular flexibility index (Phi) is 3.68. The van der Waals surface area contributed by atoms with E-state index in [0.717, 1.165) is 31.8 Å². The summed E-state index contributed by atoms with van der Waals surface area (Å²) in [6, 6.07) is 7.90. The first kappa shape index (κ1) is 13.1. The lowest BCUT2D eigenvalue weighted by molar-refractivity contribution is -0.0882. The van der Waals surface area contributed by atoms with E-state index in [1.165, 1.54) is 5.56 Å². The van der Waals surface area contributed by atoms with Gasteiger partial charge in [0.1, 0.15) is 5.84 Å². The SMILES string of the molecule is CC1(C)CN(Cc2cccc(C(=N)N)c2)CCO1. The minimum absolute atomic E-state index is 0.0730. The Balaban J connectivity index is 2.05. The summed E-state index contributed by atoms with van der Waals surface area (Å²) < 4.78 is 5.70. The van der Waals surface area contributed by atoms with Gasteiger partial charge in [-0.2, -0.15) is 0 Å². The van der Waals surface area contributed by atoms with Crippen molar-refractivity contribution in [2.45, 2.75) is 26.0 Å². The topological polar surface area (TPSA) is 62.3 Å². The molecule has 0 atom stereocenters. The van der Waals surface area contributed by atoms with E-state index in [4.69, 9.17) is 15.9 Å². The molecule has 98 valence electrons. The van der Waals surface area contributed by atoms with Crippen LogP contribution in [0.25, 0.3) is 0 Å². The maximum atomic E-state index is 7.46. The smallest absolute Gasteiger partial charge is 0.122 e. The van der Waals surface area contributed by atoms with E-state index in [2.05, 4.69) is 24.8 Å². The van der Waals surface area contributed by atoms with Gasteiger partial charge in [0, 0.05) is 25.2 Å². The highest BCUT2D eigenvalue weighted by Gasteiger charge is 2.26. The summed E-state index contributed by atoms with van der Waals surface area (Å²) >= 11 is 0. The van der Waals surface area contributed by atoms with Gasteiger partial charge in [-0.05, 0) is 25.5 Å². The van der Waals surface area contributed by atoms with E-state index >= 15 is 0 Å². The number of nitrogens with zero attached hydrogens (tertiary/aromatic N) is 1. The Morgan fingerprint density at radius 1 is 1.50 bits per heavy atom. The zero-order valence-corrected chi connectivity index (χ0v) is 11.1.